The lowest BCUT2D eigenvalue weighted by atomic mass is 10.00. The van der Waals surface area contributed by atoms with Crippen LogP contribution in [0.25, 0.3) is 11.5 Å². The first kappa shape index (κ1) is 15.6. The molecular formula is C19H23N3O. The zero-order valence-corrected chi connectivity index (χ0v) is 14.2. The number of hydrogen-bond donors (Lipinski definition) is 2. The van der Waals surface area contributed by atoms with Gasteiger partial charge in [-0.1, -0.05) is 17.7 Å². The van der Waals surface area contributed by atoms with Crippen LogP contribution in [0, 0.1) is 27.7 Å². The minimum atomic E-state index is 0.748. The lowest BCUT2D eigenvalue weighted by molar-refractivity contribution is 0.545. The van der Waals surface area contributed by atoms with Crippen molar-refractivity contribution in [2.24, 2.45) is 0 Å². The molecule has 3 aromatic rings. The van der Waals surface area contributed by atoms with E-state index in [1.54, 1.807) is 0 Å². The summed E-state index contributed by atoms with van der Waals surface area (Å²) < 4.78 is 5.69. The summed E-state index contributed by atoms with van der Waals surface area (Å²) in [5, 5.41) is 10.7. The van der Waals surface area contributed by atoms with Gasteiger partial charge in [0.05, 0.1) is 6.20 Å². The molecular weight excluding hydrogens is 286 g/mol. The summed E-state index contributed by atoms with van der Waals surface area (Å²) in [6.07, 6.45) is 1.86. The molecule has 23 heavy (non-hydrogen) atoms. The van der Waals surface area contributed by atoms with E-state index < -0.39 is 0 Å². The zero-order valence-electron chi connectivity index (χ0n) is 14.2. The molecule has 0 radical (unpaired) electrons. The Kier molecular flexibility index (Phi) is 4.35. The number of aryl methyl sites for hydroxylation is 4. The largest absolute Gasteiger partial charge is 0.460 e. The molecule has 0 aliphatic rings. The molecule has 0 spiro atoms. The molecule has 2 N–H and O–H groups in total. The van der Waals surface area contributed by atoms with E-state index in [4.69, 9.17) is 4.42 Å². The first-order chi connectivity index (χ1) is 11.0. The number of H-pyrrole nitrogens is 1. The predicted molar refractivity (Wildman–Crippen MR) is 92.2 cm³/mol. The third-order valence-electron chi connectivity index (χ3n) is 4.16. The van der Waals surface area contributed by atoms with Gasteiger partial charge in [0.1, 0.15) is 11.5 Å². The van der Waals surface area contributed by atoms with Gasteiger partial charge < -0.3 is 9.73 Å². The summed E-state index contributed by atoms with van der Waals surface area (Å²) in [4.78, 5) is 0. The lowest BCUT2D eigenvalue weighted by Gasteiger charge is -2.12. The molecule has 0 atom stereocenters. The van der Waals surface area contributed by atoms with Crippen LogP contribution in [-0.2, 0) is 13.1 Å². The summed E-state index contributed by atoms with van der Waals surface area (Å²) in [5.74, 6) is 1.74. The average Bonchev–Trinajstić information content (AvgIpc) is 3.10. The molecule has 4 nitrogen and oxygen atoms in total. The Balaban J connectivity index is 1.70. The predicted octanol–water partition coefficient (Wildman–Crippen LogP) is 4.19. The first-order valence-corrected chi connectivity index (χ1v) is 7.91. The maximum absolute atomic E-state index is 5.69. The molecule has 0 saturated carbocycles. The van der Waals surface area contributed by atoms with Gasteiger partial charge in [-0.25, -0.2) is 0 Å². The molecule has 2 heterocycles. The molecule has 0 aliphatic carbocycles. The molecule has 0 aliphatic heterocycles. The number of benzene rings is 1. The van der Waals surface area contributed by atoms with Crippen LogP contribution in [-0.4, -0.2) is 10.2 Å². The third-order valence-corrected chi connectivity index (χ3v) is 4.16. The number of furan rings is 1. The smallest absolute Gasteiger partial charge is 0.152 e. The van der Waals surface area contributed by atoms with E-state index in [-0.39, 0.29) is 0 Å². The Bertz CT molecular complexity index is 791. The molecule has 0 saturated heterocycles. The van der Waals surface area contributed by atoms with E-state index in [0.29, 0.717) is 0 Å². The molecule has 3 rings (SSSR count). The first-order valence-electron chi connectivity index (χ1n) is 7.91. The van der Waals surface area contributed by atoms with Crippen molar-refractivity contribution in [1.29, 1.82) is 0 Å². The van der Waals surface area contributed by atoms with Crippen LogP contribution in [0.15, 0.2) is 34.9 Å². The maximum Gasteiger partial charge on any atom is 0.152 e. The third kappa shape index (κ3) is 3.37. The fourth-order valence-electron chi connectivity index (χ4n) is 3.04. The van der Waals surface area contributed by atoms with Gasteiger partial charge in [-0.2, -0.15) is 5.10 Å². The van der Waals surface area contributed by atoms with Crippen LogP contribution in [0.2, 0.25) is 0 Å². The van der Waals surface area contributed by atoms with Crippen molar-refractivity contribution in [3.8, 4) is 11.5 Å². The highest BCUT2D eigenvalue weighted by Crippen LogP contribution is 2.23. The summed E-state index contributed by atoms with van der Waals surface area (Å²) in [7, 11) is 0. The molecule has 120 valence electrons. The number of rotatable bonds is 5. The quantitative estimate of drug-likeness (QED) is 0.743. The molecule has 0 amide bonds. The number of nitrogens with one attached hydrogen (secondary N) is 2. The number of nitrogens with zero attached hydrogens (tertiary/aromatic N) is 1. The highest BCUT2D eigenvalue weighted by atomic mass is 16.3. The molecule has 4 heteroatoms. The van der Waals surface area contributed by atoms with Crippen molar-refractivity contribution < 1.29 is 4.42 Å². The minimum Gasteiger partial charge on any atom is -0.460 e. The zero-order chi connectivity index (χ0) is 16.4. The van der Waals surface area contributed by atoms with E-state index in [9.17, 15) is 0 Å². The summed E-state index contributed by atoms with van der Waals surface area (Å²) in [6, 6.07) is 8.41. The Labute approximate surface area is 136 Å². The van der Waals surface area contributed by atoms with Crippen molar-refractivity contribution in [3.05, 3.63) is 64.0 Å². The van der Waals surface area contributed by atoms with Crippen LogP contribution in [0.5, 0.6) is 0 Å². The van der Waals surface area contributed by atoms with Gasteiger partial charge in [-0.3, -0.25) is 5.10 Å². The molecule has 2 aromatic heterocycles. The van der Waals surface area contributed by atoms with Crippen molar-refractivity contribution in [3.63, 3.8) is 0 Å². The number of hydrogen-bond acceptors (Lipinski definition) is 3. The highest BCUT2D eigenvalue weighted by Gasteiger charge is 2.11. The normalized spacial score (nSPS) is 11.1. The lowest BCUT2D eigenvalue weighted by Crippen LogP contribution is -2.14. The van der Waals surface area contributed by atoms with Gasteiger partial charge >= 0.3 is 0 Å². The van der Waals surface area contributed by atoms with E-state index in [1.807, 2.05) is 25.3 Å². The fraction of sp³-hybridized carbons (Fsp3) is 0.316. The monoisotopic (exact) mass is 309 g/mol. The SMILES string of the molecule is Cc1cc(C)c(CNCc2cn[nH]c2-c2ccc(C)o2)c(C)c1. The Morgan fingerprint density at radius 1 is 1.04 bits per heavy atom. The van der Waals surface area contributed by atoms with Gasteiger partial charge in [0.15, 0.2) is 5.76 Å². The summed E-state index contributed by atoms with van der Waals surface area (Å²) >= 11 is 0. The topological polar surface area (TPSA) is 53.9 Å². The molecule has 0 fully saturated rings. The van der Waals surface area contributed by atoms with Crippen LogP contribution in [0.3, 0.4) is 0 Å². The van der Waals surface area contributed by atoms with Crippen molar-refractivity contribution in [1.82, 2.24) is 15.5 Å². The fourth-order valence-corrected chi connectivity index (χ4v) is 3.04. The van der Waals surface area contributed by atoms with Crippen LogP contribution in [0.1, 0.15) is 33.6 Å². The number of aromatic amines is 1. The van der Waals surface area contributed by atoms with Crippen molar-refractivity contribution >= 4 is 0 Å². The standard InChI is InChI=1S/C19H23N3O/c1-12-7-13(2)17(14(3)8-12)11-20-9-16-10-21-22-19(16)18-6-5-15(4)23-18/h5-8,10,20H,9,11H2,1-4H3,(H,21,22). The van der Waals surface area contributed by atoms with E-state index in [2.05, 4.69) is 48.4 Å². The second-order valence-corrected chi connectivity index (χ2v) is 6.16. The Morgan fingerprint density at radius 2 is 1.78 bits per heavy atom. The molecule has 0 bridgehead atoms. The van der Waals surface area contributed by atoms with Crippen molar-refractivity contribution in [2.75, 3.05) is 0 Å². The van der Waals surface area contributed by atoms with Crippen LogP contribution >= 0.6 is 0 Å². The Morgan fingerprint density at radius 3 is 2.43 bits per heavy atom. The van der Waals surface area contributed by atoms with E-state index in [0.717, 1.165) is 35.9 Å². The van der Waals surface area contributed by atoms with Gasteiger partial charge in [-0.05, 0) is 56.5 Å². The summed E-state index contributed by atoms with van der Waals surface area (Å²) in [6.45, 7) is 10.0. The van der Waals surface area contributed by atoms with E-state index in [1.165, 1.54) is 22.3 Å². The maximum atomic E-state index is 5.69. The second-order valence-electron chi connectivity index (χ2n) is 6.16. The summed E-state index contributed by atoms with van der Waals surface area (Å²) in [5.41, 5.74) is 7.42. The molecule has 0 unspecified atom stereocenters. The Hall–Kier alpha value is -2.33. The van der Waals surface area contributed by atoms with Gasteiger partial charge in [0, 0.05) is 18.7 Å². The minimum absolute atomic E-state index is 0.748. The highest BCUT2D eigenvalue weighted by molar-refractivity contribution is 5.56. The van der Waals surface area contributed by atoms with E-state index >= 15 is 0 Å². The second kappa shape index (κ2) is 6.42. The van der Waals surface area contributed by atoms with Gasteiger partial charge in [-0.15, -0.1) is 0 Å². The van der Waals surface area contributed by atoms with Gasteiger partial charge in [0.2, 0.25) is 0 Å². The number of aromatic nitrogens is 2. The van der Waals surface area contributed by atoms with Crippen molar-refractivity contribution in [2.45, 2.75) is 40.8 Å². The van der Waals surface area contributed by atoms with Crippen LogP contribution < -0.4 is 5.32 Å². The van der Waals surface area contributed by atoms with Gasteiger partial charge in [0.25, 0.3) is 0 Å². The average molecular weight is 309 g/mol. The molecule has 1 aromatic carbocycles. The van der Waals surface area contributed by atoms with Crippen LogP contribution in [0.4, 0.5) is 0 Å².